The third-order valence-electron chi connectivity index (χ3n) is 3.63. The van der Waals surface area contributed by atoms with Gasteiger partial charge >= 0.3 is 0 Å². The molecule has 0 aliphatic carbocycles. The van der Waals surface area contributed by atoms with Crippen LogP contribution in [0.1, 0.15) is 35.7 Å². The molecule has 0 spiro atoms. The molecule has 1 saturated heterocycles. The van der Waals surface area contributed by atoms with Crippen molar-refractivity contribution in [3.05, 3.63) is 29.3 Å². The minimum Gasteiger partial charge on any atom is -0.496 e. The van der Waals surface area contributed by atoms with Crippen molar-refractivity contribution in [3.63, 3.8) is 0 Å². The van der Waals surface area contributed by atoms with Crippen LogP contribution in [0.2, 0.25) is 0 Å². The SMILES string of the molecule is CCCC1(O)CN(C(=O)c2ccc(C)c(OC)c2)C1. The second-order valence-electron chi connectivity index (χ2n) is 5.32. The van der Waals surface area contributed by atoms with Gasteiger partial charge in [0.15, 0.2) is 0 Å². The van der Waals surface area contributed by atoms with Crippen LogP contribution in [0.25, 0.3) is 0 Å². The van der Waals surface area contributed by atoms with Crippen molar-refractivity contribution in [2.75, 3.05) is 20.2 Å². The molecule has 1 amide bonds. The normalized spacial score (nSPS) is 16.9. The molecule has 1 heterocycles. The highest BCUT2D eigenvalue weighted by atomic mass is 16.5. The Morgan fingerprint density at radius 2 is 2.16 bits per heavy atom. The Morgan fingerprint density at radius 1 is 1.47 bits per heavy atom. The highest BCUT2D eigenvalue weighted by Crippen LogP contribution is 2.28. The molecule has 0 atom stereocenters. The molecular formula is C15H21NO3. The minimum absolute atomic E-state index is 0.0425. The van der Waals surface area contributed by atoms with Crippen LogP contribution in [-0.4, -0.2) is 41.7 Å². The smallest absolute Gasteiger partial charge is 0.254 e. The molecule has 1 aliphatic heterocycles. The fourth-order valence-electron chi connectivity index (χ4n) is 2.57. The van der Waals surface area contributed by atoms with Gasteiger partial charge in [-0.05, 0) is 31.0 Å². The Balaban J connectivity index is 2.06. The lowest BCUT2D eigenvalue weighted by Crippen LogP contribution is -2.63. The molecule has 0 bridgehead atoms. The number of carbonyl (C=O) groups is 1. The van der Waals surface area contributed by atoms with Crippen LogP contribution in [0.3, 0.4) is 0 Å². The van der Waals surface area contributed by atoms with E-state index < -0.39 is 5.60 Å². The molecule has 4 heteroatoms. The van der Waals surface area contributed by atoms with Crippen molar-refractivity contribution >= 4 is 5.91 Å². The van der Waals surface area contributed by atoms with Crippen LogP contribution < -0.4 is 4.74 Å². The van der Waals surface area contributed by atoms with Gasteiger partial charge in [0.25, 0.3) is 5.91 Å². The molecular weight excluding hydrogens is 242 g/mol. The molecule has 1 N–H and O–H groups in total. The molecule has 0 aromatic heterocycles. The maximum atomic E-state index is 12.3. The van der Waals surface area contributed by atoms with E-state index in [4.69, 9.17) is 4.74 Å². The summed E-state index contributed by atoms with van der Waals surface area (Å²) in [6.45, 7) is 4.83. The lowest BCUT2D eigenvalue weighted by molar-refractivity contribution is -0.0860. The number of carbonyl (C=O) groups excluding carboxylic acids is 1. The van der Waals surface area contributed by atoms with Crippen LogP contribution in [0.4, 0.5) is 0 Å². The second kappa shape index (κ2) is 5.21. The Kier molecular flexibility index (Phi) is 3.80. The summed E-state index contributed by atoms with van der Waals surface area (Å²) in [5, 5.41) is 10.1. The van der Waals surface area contributed by atoms with Gasteiger partial charge in [-0.1, -0.05) is 19.4 Å². The summed E-state index contributed by atoms with van der Waals surface area (Å²) in [5.74, 6) is 0.675. The van der Waals surface area contributed by atoms with E-state index in [0.29, 0.717) is 18.7 Å². The monoisotopic (exact) mass is 263 g/mol. The van der Waals surface area contributed by atoms with Crippen LogP contribution in [0.15, 0.2) is 18.2 Å². The molecule has 4 nitrogen and oxygen atoms in total. The predicted molar refractivity (Wildman–Crippen MR) is 73.5 cm³/mol. The van der Waals surface area contributed by atoms with Crippen LogP contribution >= 0.6 is 0 Å². The first-order valence-electron chi connectivity index (χ1n) is 6.65. The Bertz CT molecular complexity index is 478. The third kappa shape index (κ3) is 2.73. The number of aryl methyl sites for hydroxylation is 1. The van der Waals surface area contributed by atoms with E-state index in [2.05, 4.69) is 0 Å². The molecule has 1 aromatic carbocycles. The third-order valence-corrected chi connectivity index (χ3v) is 3.63. The van der Waals surface area contributed by atoms with Gasteiger partial charge in [-0.15, -0.1) is 0 Å². The lowest BCUT2D eigenvalue weighted by atomic mass is 9.88. The van der Waals surface area contributed by atoms with E-state index in [1.165, 1.54) is 0 Å². The number of ether oxygens (including phenoxy) is 1. The van der Waals surface area contributed by atoms with Gasteiger partial charge in [0.05, 0.1) is 25.8 Å². The number of aliphatic hydroxyl groups is 1. The summed E-state index contributed by atoms with van der Waals surface area (Å²) in [5.41, 5.74) is 0.935. The number of hydrogen-bond acceptors (Lipinski definition) is 3. The van der Waals surface area contributed by atoms with Crippen LogP contribution in [0, 0.1) is 6.92 Å². The number of β-amino-alcohol motifs (C(OH)–C–C–N with tert-alkyl or cyclic N) is 1. The van der Waals surface area contributed by atoms with Gasteiger partial charge in [-0.2, -0.15) is 0 Å². The summed E-state index contributed by atoms with van der Waals surface area (Å²) in [6, 6.07) is 5.44. The molecule has 104 valence electrons. The molecule has 1 aromatic rings. The number of hydrogen-bond donors (Lipinski definition) is 1. The highest BCUT2D eigenvalue weighted by molar-refractivity contribution is 5.95. The molecule has 19 heavy (non-hydrogen) atoms. The highest BCUT2D eigenvalue weighted by Gasteiger charge is 2.42. The van der Waals surface area contributed by atoms with Gasteiger partial charge in [0.1, 0.15) is 5.75 Å². The first kappa shape index (κ1) is 13.9. The van der Waals surface area contributed by atoms with Crippen molar-refractivity contribution in [1.29, 1.82) is 0 Å². The number of amides is 1. The second-order valence-corrected chi connectivity index (χ2v) is 5.32. The van der Waals surface area contributed by atoms with E-state index in [0.717, 1.165) is 24.2 Å². The van der Waals surface area contributed by atoms with E-state index in [1.54, 1.807) is 24.1 Å². The number of nitrogens with zero attached hydrogens (tertiary/aromatic N) is 1. The molecule has 2 rings (SSSR count). The zero-order chi connectivity index (χ0) is 14.0. The fourth-order valence-corrected chi connectivity index (χ4v) is 2.57. The van der Waals surface area contributed by atoms with Gasteiger partial charge in [-0.25, -0.2) is 0 Å². The number of benzene rings is 1. The molecule has 1 aliphatic rings. The van der Waals surface area contributed by atoms with Crippen molar-refractivity contribution < 1.29 is 14.6 Å². The maximum Gasteiger partial charge on any atom is 0.254 e. The first-order valence-corrected chi connectivity index (χ1v) is 6.65. The summed E-state index contributed by atoms with van der Waals surface area (Å²) in [7, 11) is 1.60. The zero-order valence-corrected chi connectivity index (χ0v) is 11.8. The van der Waals surface area contributed by atoms with Crippen molar-refractivity contribution in [2.24, 2.45) is 0 Å². The molecule has 1 fully saturated rings. The molecule has 0 unspecified atom stereocenters. The Labute approximate surface area is 114 Å². The summed E-state index contributed by atoms with van der Waals surface area (Å²) in [6.07, 6.45) is 1.67. The maximum absolute atomic E-state index is 12.3. The zero-order valence-electron chi connectivity index (χ0n) is 11.8. The summed E-state index contributed by atoms with van der Waals surface area (Å²) < 4.78 is 5.23. The van der Waals surface area contributed by atoms with E-state index in [-0.39, 0.29) is 5.91 Å². The average molecular weight is 263 g/mol. The largest absolute Gasteiger partial charge is 0.496 e. The number of methoxy groups -OCH3 is 1. The standard InChI is InChI=1S/C15H21NO3/c1-4-7-15(18)9-16(10-15)14(17)12-6-5-11(2)13(8-12)19-3/h5-6,8,18H,4,7,9-10H2,1-3H3. The summed E-state index contributed by atoms with van der Waals surface area (Å²) in [4.78, 5) is 13.9. The van der Waals surface area contributed by atoms with Crippen LogP contribution in [-0.2, 0) is 0 Å². The topological polar surface area (TPSA) is 49.8 Å². The van der Waals surface area contributed by atoms with E-state index in [1.807, 2.05) is 19.9 Å². The van der Waals surface area contributed by atoms with Crippen molar-refractivity contribution in [3.8, 4) is 5.75 Å². The van der Waals surface area contributed by atoms with Gasteiger partial charge in [0.2, 0.25) is 0 Å². The summed E-state index contributed by atoms with van der Waals surface area (Å²) >= 11 is 0. The van der Waals surface area contributed by atoms with Crippen LogP contribution in [0.5, 0.6) is 5.75 Å². The van der Waals surface area contributed by atoms with E-state index >= 15 is 0 Å². The van der Waals surface area contributed by atoms with Gasteiger partial charge < -0.3 is 14.7 Å². The van der Waals surface area contributed by atoms with Gasteiger partial charge in [0, 0.05) is 5.56 Å². The van der Waals surface area contributed by atoms with Crippen molar-refractivity contribution in [2.45, 2.75) is 32.3 Å². The molecule has 0 radical (unpaired) electrons. The quantitative estimate of drug-likeness (QED) is 0.903. The number of likely N-dealkylation sites (tertiary alicyclic amines) is 1. The molecule has 0 saturated carbocycles. The first-order chi connectivity index (χ1) is 8.99. The average Bonchev–Trinajstić information content (AvgIpc) is 2.36. The fraction of sp³-hybridized carbons (Fsp3) is 0.533. The van der Waals surface area contributed by atoms with Gasteiger partial charge in [-0.3, -0.25) is 4.79 Å². The number of rotatable bonds is 4. The Morgan fingerprint density at radius 3 is 2.74 bits per heavy atom. The predicted octanol–water partition coefficient (Wildman–Crippen LogP) is 1.99. The minimum atomic E-state index is -0.681. The Hall–Kier alpha value is -1.55. The lowest BCUT2D eigenvalue weighted by Gasteiger charge is -2.46. The van der Waals surface area contributed by atoms with E-state index in [9.17, 15) is 9.90 Å². The van der Waals surface area contributed by atoms with Crippen molar-refractivity contribution in [1.82, 2.24) is 4.90 Å².